The molecule has 0 amide bonds. The van der Waals surface area contributed by atoms with Crippen LogP contribution in [0.3, 0.4) is 0 Å². The lowest BCUT2D eigenvalue weighted by atomic mass is 10.0. The lowest BCUT2D eigenvalue weighted by Crippen LogP contribution is -2.55. The van der Waals surface area contributed by atoms with E-state index in [0.29, 0.717) is 6.61 Å². The van der Waals surface area contributed by atoms with E-state index in [1.165, 1.54) is 89.9 Å². The molecule has 0 radical (unpaired) electrons. The normalized spacial score (nSPS) is 24.3. The molecule has 1 aliphatic heterocycles. The minimum absolute atomic E-state index is 0.0434. The molecule has 0 aromatic rings. The molecule has 0 unspecified atom stereocenters. The van der Waals surface area contributed by atoms with Gasteiger partial charge in [0.1, 0.15) is 24.4 Å². The zero-order valence-electron chi connectivity index (χ0n) is 20.1. The number of hydrogen-bond acceptors (Lipinski definition) is 5. The summed E-state index contributed by atoms with van der Waals surface area (Å²) in [6, 6.07) is 0. The molecule has 0 bridgehead atoms. The number of rotatable bonds is 20. The molecule has 1 fully saturated rings. The molecule has 0 saturated carbocycles. The van der Waals surface area contributed by atoms with Crippen LogP contribution in [0.4, 0.5) is 0 Å². The minimum atomic E-state index is -0.990. The number of aliphatic hydroxyl groups excluding tert-OH is 3. The summed E-state index contributed by atoms with van der Waals surface area (Å²) in [7, 11) is 0. The van der Waals surface area contributed by atoms with Gasteiger partial charge in [0, 0.05) is 6.61 Å². The second kappa shape index (κ2) is 20.2. The Balaban J connectivity index is 1.84. The van der Waals surface area contributed by atoms with Crippen molar-refractivity contribution in [2.24, 2.45) is 0 Å². The van der Waals surface area contributed by atoms with Crippen molar-refractivity contribution in [1.82, 2.24) is 0 Å². The van der Waals surface area contributed by atoms with E-state index in [1.807, 2.05) is 0 Å². The molecule has 3 N–H and O–H groups in total. The summed E-state index contributed by atoms with van der Waals surface area (Å²) in [5.41, 5.74) is 0. The first-order valence-electron chi connectivity index (χ1n) is 13.1. The fourth-order valence-corrected chi connectivity index (χ4v) is 4.14. The fourth-order valence-electron chi connectivity index (χ4n) is 4.14. The Hall–Kier alpha value is -0.460. The van der Waals surface area contributed by atoms with E-state index < -0.39 is 24.4 Å². The molecule has 1 rings (SSSR count). The monoisotopic (exact) mass is 442 g/mol. The Morgan fingerprint density at radius 2 is 1.29 bits per heavy atom. The van der Waals surface area contributed by atoms with Gasteiger partial charge in [-0.25, -0.2) is 0 Å². The van der Waals surface area contributed by atoms with Gasteiger partial charge < -0.3 is 24.8 Å². The third-order valence-corrected chi connectivity index (χ3v) is 6.22. The van der Waals surface area contributed by atoms with Crippen LogP contribution in [-0.4, -0.2) is 59.6 Å². The number of aliphatic hydroxyl groups is 3. The van der Waals surface area contributed by atoms with Gasteiger partial charge in [-0.05, 0) is 32.1 Å². The molecule has 4 atom stereocenters. The molecule has 1 heterocycles. The van der Waals surface area contributed by atoms with Crippen LogP contribution in [0.25, 0.3) is 0 Å². The van der Waals surface area contributed by atoms with Gasteiger partial charge in [0.25, 0.3) is 0 Å². The summed E-state index contributed by atoms with van der Waals surface area (Å²) in [6.07, 6.45) is 22.2. The Labute approximate surface area is 191 Å². The Morgan fingerprint density at radius 3 is 1.84 bits per heavy atom. The van der Waals surface area contributed by atoms with Crippen molar-refractivity contribution in [1.29, 1.82) is 0 Å². The second-order valence-electron chi connectivity index (χ2n) is 9.09. The van der Waals surface area contributed by atoms with Crippen LogP contribution in [0.5, 0.6) is 0 Å². The maximum absolute atomic E-state index is 10.0. The van der Waals surface area contributed by atoms with Crippen molar-refractivity contribution in [3.05, 3.63) is 12.2 Å². The quantitative estimate of drug-likeness (QED) is 0.176. The van der Waals surface area contributed by atoms with Crippen LogP contribution >= 0.6 is 0 Å². The maximum atomic E-state index is 10.0. The predicted molar refractivity (Wildman–Crippen MR) is 127 cm³/mol. The average molecular weight is 443 g/mol. The van der Waals surface area contributed by atoms with Crippen molar-refractivity contribution in [3.63, 3.8) is 0 Å². The largest absolute Gasteiger partial charge is 0.394 e. The fraction of sp³-hybridized carbons (Fsp3) is 0.923. The summed E-state index contributed by atoms with van der Waals surface area (Å²) in [5.74, 6) is 0. The van der Waals surface area contributed by atoms with Gasteiger partial charge in [0.05, 0.1) is 13.2 Å². The molecule has 1 saturated heterocycles. The third kappa shape index (κ3) is 14.3. The van der Waals surface area contributed by atoms with Gasteiger partial charge in [-0.15, -0.1) is 0 Å². The van der Waals surface area contributed by atoms with Crippen molar-refractivity contribution in [2.75, 3.05) is 19.8 Å². The highest BCUT2D eigenvalue weighted by molar-refractivity contribution is 4.87. The van der Waals surface area contributed by atoms with E-state index in [2.05, 4.69) is 19.1 Å². The zero-order chi connectivity index (χ0) is 22.6. The van der Waals surface area contributed by atoms with Gasteiger partial charge >= 0.3 is 0 Å². The van der Waals surface area contributed by atoms with Crippen molar-refractivity contribution < 1.29 is 24.8 Å². The first-order chi connectivity index (χ1) is 15.2. The molecule has 5 nitrogen and oxygen atoms in total. The van der Waals surface area contributed by atoms with Crippen LogP contribution in [0, 0.1) is 0 Å². The molecule has 5 heteroatoms. The number of ether oxygens (including phenoxy) is 2. The molecule has 0 aliphatic carbocycles. The first kappa shape index (κ1) is 28.6. The molecular formula is C26H50O5. The molecule has 31 heavy (non-hydrogen) atoms. The lowest BCUT2D eigenvalue weighted by Gasteiger charge is -2.37. The minimum Gasteiger partial charge on any atom is -0.394 e. The molecule has 184 valence electrons. The summed E-state index contributed by atoms with van der Waals surface area (Å²) in [4.78, 5) is 0. The van der Waals surface area contributed by atoms with Crippen molar-refractivity contribution in [2.45, 2.75) is 134 Å². The van der Waals surface area contributed by atoms with Crippen LogP contribution in [0.1, 0.15) is 110 Å². The summed E-state index contributed by atoms with van der Waals surface area (Å²) in [5, 5.41) is 29.0. The van der Waals surface area contributed by atoms with Crippen LogP contribution in [0.15, 0.2) is 12.2 Å². The number of hydrogen-bond donors (Lipinski definition) is 3. The van der Waals surface area contributed by atoms with E-state index >= 15 is 0 Å². The Bertz CT molecular complexity index is 413. The Morgan fingerprint density at radius 1 is 0.774 bits per heavy atom. The van der Waals surface area contributed by atoms with Gasteiger partial charge in [-0.2, -0.15) is 0 Å². The SMILES string of the molecule is CCCCCCCC/C=C/CCCCCCCCCCO[C@H]1[C@H](O)[C@@H](O)CO[C@@H]1CO. The topological polar surface area (TPSA) is 79.2 Å². The summed E-state index contributed by atoms with van der Waals surface area (Å²) in [6.45, 7) is 2.63. The molecule has 1 aliphatic rings. The van der Waals surface area contributed by atoms with E-state index in [1.54, 1.807) is 0 Å². The molecule has 0 aromatic carbocycles. The zero-order valence-corrected chi connectivity index (χ0v) is 20.1. The van der Waals surface area contributed by atoms with E-state index in [4.69, 9.17) is 9.47 Å². The number of unbranched alkanes of at least 4 members (excludes halogenated alkanes) is 14. The highest BCUT2D eigenvalue weighted by Crippen LogP contribution is 2.19. The van der Waals surface area contributed by atoms with E-state index in [0.717, 1.165) is 12.8 Å². The molecule has 0 spiro atoms. The molecular weight excluding hydrogens is 392 g/mol. The Kier molecular flexibility index (Phi) is 18.6. The van der Waals surface area contributed by atoms with Crippen LogP contribution in [0.2, 0.25) is 0 Å². The van der Waals surface area contributed by atoms with Gasteiger partial charge in [0.2, 0.25) is 0 Å². The summed E-state index contributed by atoms with van der Waals surface area (Å²) < 4.78 is 11.0. The van der Waals surface area contributed by atoms with Crippen LogP contribution < -0.4 is 0 Å². The lowest BCUT2D eigenvalue weighted by molar-refractivity contribution is -0.211. The predicted octanol–water partition coefficient (Wildman–Crippen LogP) is 5.30. The van der Waals surface area contributed by atoms with E-state index in [-0.39, 0.29) is 13.2 Å². The van der Waals surface area contributed by atoms with Crippen molar-refractivity contribution in [3.8, 4) is 0 Å². The maximum Gasteiger partial charge on any atom is 0.114 e. The highest BCUT2D eigenvalue weighted by atomic mass is 16.6. The molecule has 0 aromatic heterocycles. The highest BCUT2D eigenvalue weighted by Gasteiger charge is 2.39. The number of allylic oxidation sites excluding steroid dienone is 2. The standard InChI is InChI=1S/C26H50O5/c1-2-3-4-5-6-7-8-9-10-11-12-13-14-15-16-17-18-19-20-30-26-24(21-27)31-22-23(28)25(26)29/h9-10,23-29H,2-8,11-22H2,1H3/b10-9+/t23-,24+,25+,26+/m0/s1. The van der Waals surface area contributed by atoms with Crippen LogP contribution in [-0.2, 0) is 9.47 Å². The third-order valence-electron chi connectivity index (χ3n) is 6.22. The summed E-state index contributed by atoms with van der Waals surface area (Å²) >= 11 is 0. The van der Waals surface area contributed by atoms with Gasteiger partial charge in [0.15, 0.2) is 0 Å². The van der Waals surface area contributed by atoms with E-state index in [9.17, 15) is 15.3 Å². The van der Waals surface area contributed by atoms with Gasteiger partial charge in [-0.1, -0.05) is 89.7 Å². The van der Waals surface area contributed by atoms with Gasteiger partial charge in [-0.3, -0.25) is 0 Å². The smallest absolute Gasteiger partial charge is 0.114 e. The second-order valence-corrected chi connectivity index (χ2v) is 9.09. The first-order valence-corrected chi connectivity index (χ1v) is 13.1. The van der Waals surface area contributed by atoms with Crippen molar-refractivity contribution >= 4 is 0 Å². The average Bonchev–Trinajstić information content (AvgIpc) is 2.78.